The van der Waals surface area contributed by atoms with Crippen LogP contribution in [0.25, 0.3) is 11.4 Å². The summed E-state index contributed by atoms with van der Waals surface area (Å²) in [5, 5.41) is 12.4. The summed E-state index contributed by atoms with van der Waals surface area (Å²) >= 11 is 0. The zero-order valence-corrected chi connectivity index (χ0v) is 15.8. The fraction of sp³-hybridized carbons (Fsp3) is 0.300. The average molecular weight is 379 g/mol. The van der Waals surface area contributed by atoms with E-state index < -0.39 is 0 Å². The van der Waals surface area contributed by atoms with Crippen LogP contribution >= 0.6 is 0 Å². The van der Waals surface area contributed by atoms with Crippen LogP contribution in [0.5, 0.6) is 11.5 Å². The van der Waals surface area contributed by atoms with E-state index in [0.29, 0.717) is 24.7 Å². The lowest BCUT2D eigenvalue weighted by Gasteiger charge is -2.20. The molecule has 0 fully saturated rings. The zero-order valence-electron chi connectivity index (χ0n) is 15.8. The van der Waals surface area contributed by atoms with Crippen LogP contribution in [0.4, 0.5) is 0 Å². The summed E-state index contributed by atoms with van der Waals surface area (Å²) in [4.78, 5) is 15.8. The molecule has 8 heteroatoms. The van der Waals surface area contributed by atoms with Crippen LogP contribution in [0, 0.1) is 6.92 Å². The maximum absolute atomic E-state index is 12.7. The molecule has 0 atom stereocenters. The Morgan fingerprint density at radius 2 is 1.93 bits per heavy atom. The summed E-state index contributed by atoms with van der Waals surface area (Å²) in [5.41, 5.74) is 3.01. The summed E-state index contributed by atoms with van der Waals surface area (Å²) < 4.78 is 10.7. The molecule has 0 aliphatic carbocycles. The molecule has 8 nitrogen and oxygen atoms in total. The van der Waals surface area contributed by atoms with Crippen LogP contribution in [-0.4, -0.2) is 44.4 Å². The number of carbonyl (C=O) groups excluding carboxylic acids is 1. The molecule has 1 aliphatic heterocycles. The van der Waals surface area contributed by atoms with Crippen molar-refractivity contribution in [2.45, 2.75) is 26.9 Å². The number of carbonyl (C=O) groups is 1. The number of benzene rings is 2. The number of rotatable bonds is 6. The Bertz CT molecular complexity index is 984. The molecule has 28 heavy (non-hydrogen) atoms. The van der Waals surface area contributed by atoms with Gasteiger partial charge in [0.2, 0.25) is 18.5 Å². The molecule has 0 radical (unpaired) electrons. The van der Waals surface area contributed by atoms with E-state index in [1.54, 1.807) is 4.90 Å². The number of fused-ring (bicyclic) bond motifs is 1. The maximum Gasteiger partial charge on any atom is 0.246 e. The largest absolute Gasteiger partial charge is 0.454 e. The van der Waals surface area contributed by atoms with Crippen molar-refractivity contribution in [1.29, 1.82) is 0 Å². The summed E-state index contributed by atoms with van der Waals surface area (Å²) in [6, 6.07) is 13.6. The fourth-order valence-corrected chi connectivity index (χ4v) is 2.99. The molecule has 1 aromatic heterocycles. The molecule has 0 saturated carbocycles. The normalized spacial score (nSPS) is 12.2. The number of likely N-dealkylation sites (N-methyl/N-ethyl adjacent to an activating group) is 1. The first-order chi connectivity index (χ1) is 13.6. The minimum absolute atomic E-state index is 0.0389. The number of hydrogen-bond donors (Lipinski definition) is 0. The van der Waals surface area contributed by atoms with E-state index in [2.05, 4.69) is 15.4 Å². The molecular formula is C20H21N5O3. The van der Waals surface area contributed by atoms with Gasteiger partial charge in [-0.1, -0.05) is 35.9 Å². The summed E-state index contributed by atoms with van der Waals surface area (Å²) in [5.74, 6) is 1.87. The minimum Gasteiger partial charge on any atom is -0.454 e. The van der Waals surface area contributed by atoms with E-state index in [-0.39, 0.29) is 19.2 Å². The van der Waals surface area contributed by atoms with Gasteiger partial charge in [0, 0.05) is 18.7 Å². The summed E-state index contributed by atoms with van der Waals surface area (Å²) in [7, 11) is 0. The van der Waals surface area contributed by atoms with Crippen molar-refractivity contribution >= 4 is 5.91 Å². The topological polar surface area (TPSA) is 82.4 Å². The van der Waals surface area contributed by atoms with Gasteiger partial charge < -0.3 is 14.4 Å². The van der Waals surface area contributed by atoms with Crippen molar-refractivity contribution in [3.05, 3.63) is 53.6 Å². The summed E-state index contributed by atoms with van der Waals surface area (Å²) in [6.07, 6.45) is 0. The smallest absolute Gasteiger partial charge is 0.246 e. The number of aromatic nitrogens is 4. The first-order valence-electron chi connectivity index (χ1n) is 9.13. The van der Waals surface area contributed by atoms with Crippen molar-refractivity contribution < 1.29 is 14.3 Å². The Kier molecular flexibility index (Phi) is 4.92. The predicted molar refractivity (Wildman–Crippen MR) is 102 cm³/mol. The van der Waals surface area contributed by atoms with Gasteiger partial charge in [-0.05, 0) is 36.8 Å². The molecule has 0 spiro atoms. The molecule has 2 aromatic carbocycles. The molecule has 3 aromatic rings. The van der Waals surface area contributed by atoms with Crippen LogP contribution < -0.4 is 9.47 Å². The molecule has 1 aliphatic rings. The molecule has 0 saturated heterocycles. The van der Waals surface area contributed by atoms with Crippen LogP contribution in [0.2, 0.25) is 0 Å². The van der Waals surface area contributed by atoms with Gasteiger partial charge in [-0.15, -0.1) is 10.2 Å². The second-order valence-corrected chi connectivity index (χ2v) is 6.61. The molecule has 144 valence electrons. The minimum atomic E-state index is -0.0759. The Balaban J connectivity index is 1.42. The zero-order chi connectivity index (χ0) is 19.5. The van der Waals surface area contributed by atoms with Crippen LogP contribution in [0.15, 0.2) is 42.5 Å². The number of aryl methyl sites for hydroxylation is 1. The van der Waals surface area contributed by atoms with Crippen LogP contribution in [-0.2, 0) is 17.9 Å². The lowest BCUT2D eigenvalue weighted by atomic mass is 10.1. The van der Waals surface area contributed by atoms with Crippen molar-refractivity contribution in [2.75, 3.05) is 13.3 Å². The van der Waals surface area contributed by atoms with E-state index in [0.717, 1.165) is 22.4 Å². The monoisotopic (exact) mass is 379 g/mol. The predicted octanol–water partition coefficient (Wildman–Crippen LogP) is 2.43. The Labute approximate surface area is 162 Å². The van der Waals surface area contributed by atoms with Crippen molar-refractivity contribution in [1.82, 2.24) is 25.1 Å². The van der Waals surface area contributed by atoms with E-state index >= 15 is 0 Å². The van der Waals surface area contributed by atoms with Gasteiger partial charge in [-0.2, -0.15) is 4.80 Å². The third-order valence-electron chi connectivity index (χ3n) is 4.58. The number of nitrogens with zero attached hydrogens (tertiary/aromatic N) is 5. The molecule has 0 bridgehead atoms. The number of ether oxygens (including phenoxy) is 2. The van der Waals surface area contributed by atoms with E-state index in [4.69, 9.17) is 9.47 Å². The third-order valence-corrected chi connectivity index (χ3v) is 4.58. The highest BCUT2D eigenvalue weighted by Crippen LogP contribution is 2.32. The molecule has 0 N–H and O–H groups in total. The van der Waals surface area contributed by atoms with Crippen molar-refractivity contribution in [2.24, 2.45) is 0 Å². The highest BCUT2D eigenvalue weighted by Gasteiger charge is 2.18. The lowest BCUT2D eigenvalue weighted by molar-refractivity contribution is -0.132. The highest BCUT2D eigenvalue weighted by atomic mass is 16.7. The quantitative estimate of drug-likeness (QED) is 0.654. The second-order valence-electron chi connectivity index (χ2n) is 6.61. The third kappa shape index (κ3) is 3.80. The first-order valence-corrected chi connectivity index (χ1v) is 9.13. The standard InChI is InChI=1S/C20H21N5O3/c1-3-24(11-15-6-9-17-18(10-15)28-13-27-17)19(26)12-25-22-20(21-23-25)16-7-4-14(2)5-8-16/h4-10H,3,11-13H2,1-2H3. The van der Waals surface area contributed by atoms with Gasteiger partial charge >= 0.3 is 0 Å². The van der Waals surface area contributed by atoms with Gasteiger partial charge in [0.1, 0.15) is 6.54 Å². The van der Waals surface area contributed by atoms with Gasteiger partial charge in [0.15, 0.2) is 11.5 Å². The van der Waals surface area contributed by atoms with Crippen LogP contribution in [0.3, 0.4) is 0 Å². The van der Waals surface area contributed by atoms with Gasteiger partial charge in [-0.25, -0.2) is 0 Å². The average Bonchev–Trinajstić information content (AvgIpc) is 3.35. The maximum atomic E-state index is 12.7. The van der Waals surface area contributed by atoms with Crippen molar-refractivity contribution in [3.8, 4) is 22.9 Å². The number of hydrogen-bond acceptors (Lipinski definition) is 6. The Morgan fingerprint density at radius 1 is 1.14 bits per heavy atom. The van der Waals surface area contributed by atoms with Crippen LogP contribution in [0.1, 0.15) is 18.1 Å². The Hall–Kier alpha value is -3.42. The number of amides is 1. The van der Waals surface area contributed by atoms with Gasteiger partial charge in [0.25, 0.3) is 0 Å². The van der Waals surface area contributed by atoms with E-state index in [1.165, 1.54) is 4.80 Å². The fourth-order valence-electron chi connectivity index (χ4n) is 2.99. The Morgan fingerprint density at radius 3 is 2.71 bits per heavy atom. The highest BCUT2D eigenvalue weighted by molar-refractivity contribution is 5.75. The molecular weight excluding hydrogens is 358 g/mol. The first kappa shape index (κ1) is 18.0. The molecule has 1 amide bonds. The van der Waals surface area contributed by atoms with Crippen molar-refractivity contribution in [3.63, 3.8) is 0 Å². The van der Waals surface area contributed by atoms with E-state index in [1.807, 2.05) is 56.3 Å². The number of tetrazole rings is 1. The molecule has 0 unspecified atom stereocenters. The molecule has 2 heterocycles. The molecule has 4 rings (SSSR count). The van der Waals surface area contributed by atoms with E-state index in [9.17, 15) is 4.79 Å². The SMILES string of the molecule is CCN(Cc1ccc2c(c1)OCO2)C(=O)Cn1nnc(-c2ccc(C)cc2)n1. The lowest BCUT2D eigenvalue weighted by Crippen LogP contribution is -2.33. The van der Waals surface area contributed by atoms with Gasteiger partial charge in [-0.3, -0.25) is 4.79 Å². The summed E-state index contributed by atoms with van der Waals surface area (Å²) in [6.45, 7) is 5.29. The van der Waals surface area contributed by atoms with Gasteiger partial charge in [0.05, 0.1) is 0 Å². The second kappa shape index (κ2) is 7.67.